The Labute approximate surface area is 131 Å². The number of nitrogens with zero attached hydrogens (tertiary/aromatic N) is 1. The van der Waals surface area contributed by atoms with Crippen molar-refractivity contribution in [1.29, 1.82) is 5.26 Å². The number of hydrogen-bond donors (Lipinski definition) is 0. The summed E-state index contributed by atoms with van der Waals surface area (Å²) in [7, 11) is 0. The van der Waals surface area contributed by atoms with Crippen LogP contribution in [0, 0.1) is 11.3 Å². The van der Waals surface area contributed by atoms with Gasteiger partial charge in [0.15, 0.2) is 0 Å². The lowest BCUT2D eigenvalue weighted by molar-refractivity contribution is 0.344. The Hall–Kier alpha value is -1.44. The first-order valence-corrected chi connectivity index (χ1v) is 8.03. The van der Waals surface area contributed by atoms with E-state index < -0.39 is 0 Å². The van der Waals surface area contributed by atoms with Crippen LogP contribution in [0.5, 0.6) is 5.75 Å². The average Bonchev–Trinajstić information content (AvgIpc) is 2.47. The Balaban J connectivity index is 1.76. The molecule has 0 fully saturated rings. The maximum absolute atomic E-state index is 8.61. The molecule has 0 saturated heterocycles. The zero-order valence-corrected chi connectivity index (χ0v) is 13.3. The Morgan fingerprint density at radius 3 is 2.55 bits per heavy atom. The van der Waals surface area contributed by atoms with E-state index in [1.165, 1.54) is 4.90 Å². The van der Waals surface area contributed by atoms with E-state index in [-0.39, 0.29) is 0 Å². The molecular weight excluding hydrogens is 334 g/mol. The highest BCUT2D eigenvalue weighted by Gasteiger charge is 2.00. The first-order valence-electron chi connectivity index (χ1n) is 6.25. The van der Waals surface area contributed by atoms with Crippen LogP contribution in [-0.2, 0) is 6.42 Å². The molecule has 0 spiro atoms. The predicted molar refractivity (Wildman–Crippen MR) is 86.1 cm³/mol. The number of ether oxygens (including phenoxy) is 1. The summed E-state index contributed by atoms with van der Waals surface area (Å²) in [6.07, 6.45) is 0.443. The van der Waals surface area contributed by atoms with Gasteiger partial charge in [-0.25, -0.2) is 0 Å². The molecule has 0 N–H and O–H groups in total. The molecular formula is C16H14BrNOS. The summed E-state index contributed by atoms with van der Waals surface area (Å²) in [6.45, 7) is 0.656. The number of rotatable bonds is 6. The van der Waals surface area contributed by atoms with Crippen LogP contribution in [0.4, 0.5) is 0 Å². The van der Waals surface area contributed by atoms with Crippen molar-refractivity contribution in [3.05, 3.63) is 58.6 Å². The standard InChI is InChI=1S/C16H14BrNOS/c17-15-3-1-2-4-16(15)20-12-11-19-14-7-5-13(6-8-14)9-10-18/h1-8H,9,11-12H2. The maximum atomic E-state index is 8.61. The Morgan fingerprint density at radius 1 is 1.10 bits per heavy atom. The van der Waals surface area contributed by atoms with Gasteiger partial charge in [-0.05, 0) is 45.8 Å². The third kappa shape index (κ3) is 4.59. The maximum Gasteiger partial charge on any atom is 0.119 e. The first-order chi connectivity index (χ1) is 9.79. The highest BCUT2D eigenvalue weighted by Crippen LogP contribution is 2.26. The molecule has 0 unspecified atom stereocenters. The molecule has 0 aromatic heterocycles. The summed E-state index contributed by atoms with van der Waals surface area (Å²) < 4.78 is 6.80. The fourth-order valence-corrected chi connectivity index (χ4v) is 3.06. The van der Waals surface area contributed by atoms with Crippen LogP contribution in [0.15, 0.2) is 57.9 Å². The summed E-state index contributed by atoms with van der Waals surface area (Å²) >= 11 is 5.29. The molecule has 0 aliphatic rings. The first kappa shape index (κ1) is 15.0. The molecule has 0 saturated carbocycles. The van der Waals surface area contributed by atoms with Gasteiger partial charge in [0, 0.05) is 15.1 Å². The van der Waals surface area contributed by atoms with Crippen molar-refractivity contribution in [2.24, 2.45) is 0 Å². The van der Waals surface area contributed by atoms with E-state index in [0.717, 1.165) is 21.5 Å². The zero-order valence-electron chi connectivity index (χ0n) is 10.9. The molecule has 0 atom stereocenters. The summed E-state index contributed by atoms with van der Waals surface area (Å²) in [4.78, 5) is 1.22. The van der Waals surface area contributed by atoms with E-state index in [1.807, 2.05) is 42.5 Å². The van der Waals surface area contributed by atoms with Gasteiger partial charge in [-0.3, -0.25) is 0 Å². The smallest absolute Gasteiger partial charge is 0.119 e. The summed E-state index contributed by atoms with van der Waals surface area (Å²) in [5.74, 6) is 1.74. The summed E-state index contributed by atoms with van der Waals surface area (Å²) in [5.41, 5.74) is 1.02. The molecule has 0 heterocycles. The van der Waals surface area contributed by atoms with Crippen molar-refractivity contribution in [2.45, 2.75) is 11.3 Å². The van der Waals surface area contributed by atoms with Crippen molar-refractivity contribution in [3.63, 3.8) is 0 Å². The molecule has 0 aliphatic carbocycles. The second-order valence-electron chi connectivity index (χ2n) is 4.11. The number of hydrogen-bond acceptors (Lipinski definition) is 3. The highest BCUT2D eigenvalue weighted by molar-refractivity contribution is 9.10. The van der Waals surface area contributed by atoms with E-state index in [9.17, 15) is 0 Å². The number of halogens is 1. The Kier molecular flexibility index (Phi) is 5.97. The minimum absolute atomic E-state index is 0.443. The third-order valence-corrected chi connectivity index (χ3v) is 4.64. The van der Waals surface area contributed by atoms with Crippen LogP contribution in [0.3, 0.4) is 0 Å². The monoisotopic (exact) mass is 347 g/mol. The quantitative estimate of drug-likeness (QED) is 0.561. The minimum Gasteiger partial charge on any atom is -0.493 e. The lowest BCUT2D eigenvalue weighted by Gasteiger charge is -2.07. The largest absolute Gasteiger partial charge is 0.493 e. The predicted octanol–water partition coefficient (Wildman–Crippen LogP) is 4.69. The SMILES string of the molecule is N#CCc1ccc(OCCSc2ccccc2Br)cc1. The van der Waals surface area contributed by atoms with Crippen molar-refractivity contribution >= 4 is 27.7 Å². The summed E-state index contributed by atoms with van der Waals surface area (Å²) in [6, 6.07) is 18.0. The molecule has 102 valence electrons. The van der Waals surface area contributed by atoms with Crippen LogP contribution in [0.2, 0.25) is 0 Å². The Morgan fingerprint density at radius 2 is 1.85 bits per heavy atom. The molecule has 2 aromatic carbocycles. The fourth-order valence-electron chi connectivity index (χ4n) is 1.67. The number of nitriles is 1. The normalized spacial score (nSPS) is 10.0. The van der Waals surface area contributed by atoms with Gasteiger partial charge in [-0.1, -0.05) is 24.3 Å². The van der Waals surface area contributed by atoms with E-state index in [0.29, 0.717) is 13.0 Å². The molecule has 4 heteroatoms. The molecule has 0 amide bonds. The van der Waals surface area contributed by atoms with E-state index in [2.05, 4.69) is 28.1 Å². The lowest BCUT2D eigenvalue weighted by Crippen LogP contribution is -2.00. The van der Waals surface area contributed by atoms with Crippen LogP contribution in [0.1, 0.15) is 5.56 Å². The molecule has 0 radical (unpaired) electrons. The molecule has 0 aliphatic heterocycles. The van der Waals surface area contributed by atoms with Crippen LogP contribution >= 0.6 is 27.7 Å². The van der Waals surface area contributed by atoms with Crippen molar-refractivity contribution < 1.29 is 4.74 Å². The zero-order chi connectivity index (χ0) is 14.2. The fraction of sp³-hybridized carbons (Fsp3) is 0.188. The molecule has 2 rings (SSSR count). The van der Waals surface area contributed by atoms with Gasteiger partial charge in [0.25, 0.3) is 0 Å². The van der Waals surface area contributed by atoms with Crippen LogP contribution < -0.4 is 4.74 Å². The van der Waals surface area contributed by atoms with Crippen molar-refractivity contribution in [2.75, 3.05) is 12.4 Å². The molecule has 0 bridgehead atoms. The molecule has 2 aromatic rings. The summed E-state index contributed by atoms with van der Waals surface area (Å²) in [5, 5.41) is 8.61. The van der Waals surface area contributed by atoms with Gasteiger partial charge in [0.05, 0.1) is 19.1 Å². The van der Waals surface area contributed by atoms with Crippen LogP contribution in [-0.4, -0.2) is 12.4 Å². The topological polar surface area (TPSA) is 33.0 Å². The van der Waals surface area contributed by atoms with E-state index in [4.69, 9.17) is 10.00 Å². The van der Waals surface area contributed by atoms with Gasteiger partial charge >= 0.3 is 0 Å². The minimum atomic E-state index is 0.443. The number of thioether (sulfide) groups is 1. The lowest BCUT2D eigenvalue weighted by atomic mass is 10.2. The van der Waals surface area contributed by atoms with Crippen molar-refractivity contribution in [3.8, 4) is 11.8 Å². The van der Waals surface area contributed by atoms with Gasteiger partial charge < -0.3 is 4.74 Å². The van der Waals surface area contributed by atoms with Gasteiger partial charge in [0.2, 0.25) is 0 Å². The van der Waals surface area contributed by atoms with E-state index in [1.54, 1.807) is 11.8 Å². The average molecular weight is 348 g/mol. The second kappa shape index (κ2) is 7.98. The Bertz CT molecular complexity index is 592. The third-order valence-electron chi connectivity index (χ3n) is 2.65. The van der Waals surface area contributed by atoms with Crippen molar-refractivity contribution in [1.82, 2.24) is 0 Å². The molecule has 2 nitrogen and oxygen atoms in total. The second-order valence-corrected chi connectivity index (χ2v) is 6.10. The molecule has 20 heavy (non-hydrogen) atoms. The van der Waals surface area contributed by atoms with Crippen LogP contribution in [0.25, 0.3) is 0 Å². The van der Waals surface area contributed by atoms with Gasteiger partial charge in [0.1, 0.15) is 5.75 Å². The van der Waals surface area contributed by atoms with Gasteiger partial charge in [-0.2, -0.15) is 5.26 Å². The van der Waals surface area contributed by atoms with Gasteiger partial charge in [-0.15, -0.1) is 11.8 Å². The highest BCUT2D eigenvalue weighted by atomic mass is 79.9. The number of benzene rings is 2. The van der Waals surface area contributed by atoms with E-state index >= 15 is 0 Å².